The van der Waals surface area contributed by atoms with E-state index in [9.17, 15) is 4.79 Å². The van der Waals surface area contributed by atoms with E-state index in [4.69, 9.17) is 15.2 Å². The first-order chi connectivity index (χ1) is 10.1. The lowest BCUT2D eigenvalue weighted by Crippen LogP contribution is -2.40. The van der Waals surface area contributed by atoms with Crippen LogP contribution in [-0.2, 0) is 16.1 Å². The summed E-state index contributed by atoms with van der Waals surface area (Å²) < 4.78 is 10.7. The van der Waals surface area contributed by atoms with Crippen molar-refractivity contribution in [2.24, 2.45) is 5.73 Å². The lowest BCUT2D eigenvalue weighted by molar-refractivity contribution is -0.122. The van der Waals surface area contributed by atoms with Crippen molar-refractivity contribution in [1.29, 1.82) is 0 Å². The summed E-state index contributed by atoms with van der Waals surface area (Å²) in [6, 6.07) is 5.47. The van der Waals surface area contributed by atoms with E-state index in [1.807, 2.05) is 32.0 Å². The summed E-state index contributed by atoms with van der Waals surface area (Å²) in [5, 5.41) is 2.86. The highest BCUT2D eigenvalue weighted by atomic mass is 35.5. The predicted octanol–water partition coefficient (Wildman–Crippen LogP) is 2.19. The quantitative estimate of drug-likeness (QED) is 0.681. The van der Waals surface area contributed by atoms with Crippen LogP contribution in [0.4, 0.5) is 0 Å². The minimum Gasteiger partial charge on any atom is -0.491 e. The number of carbonyl (C=O) groups is 1. The fourth-order valence-electron chi connectivity index (χ4n) is 1.93. The van der Waals surface area contributed by atoms with Crippen LogP contribution in [0.5, 0.6) is 5.75 Å². The molecule has 6 heteroatoms. The summed E-state index contributed by atoms with van der Waals surface area (Å²) in [7, 11) is 1.63. The molecule has 0 saturated heterocycles. The molecule has 0 saturated carbocycles. The van der Waals surface area contributed by atoms with E-state index in [-0.39, 0.29) is 18.3 Å². The van der Waals surface area contributed by atoms with Crippen LogP contribution >= 0.6 is 12.4 Å². The summed E-state index contributed by atoms with van der Waals surface area (Å²) in [6.07, 6.45) is 1.58. The number of ether oxygens (including phenoxy) is 2. The third-order valence-electron chi connectivity index (χ3n) is 3.16. The van der Waals surface area contributed by atoms with Gasteiger partial charge in [-0.3, -0.25) is 4.79 Å². The van der Waals surface area contributed by atoms with Gasteiger partial charge in [0.2, 0.25) is 5.91 Å². The minimum atomic E-state index is -0.446. The smallest absolute Gasteiger partial charge is 0.237 e. The first kappa shape index (κ1) is 20.7. The monoisotopic (exact) mass is 330 g/mol. The Hall–Kier alpha value is -1.30. The van der Waals surface area contributed by atoms with Gasteiger partial charge in [0, 0.05) is 19.2 Å². The molecule has 0 heterocycles. The van der Waals surface area contributed by atoms with Crippen molar-refractivity contribution in [3.8, 4) is 5.75 Å². The van der Waals surface area contributed by atoms with Crippen molar-refractivity contribution >= 4 is 18.3 Å². The Morgan fingerprint density at radius 3 is 2.73 bits per heavy atom. The molecular weight excluding hydrogens is 304 g/mol. The zero-order valence-corrected chi connectivity index (χ0v) is 14.4. The second-order valence-corrected chi connectivity index (χ2v) is 5.07. The molecular formula is C16H27ClN2O3. The summed E-state index contributed by atoms with van der Waals surface area (Å²) in [6.45, 7) is 5.44. The maximum Gasteiger partial charge on any atom is 0.237 e. The van der Waals surface area contributed by atoms with Crippen LogP contribution in [0.3, 0.4) is 0 Å². The van der Waals surface area contributed by atoms with E-state index in [0.29, 0.717) is 26.2 Å². The Balaban J connectivity index is 0.00000441. The maximum atomic E-state index is 11.8. The Labute approximate surface area is 139 Å². The Kier molecular flexibility index (Phi) is 10.6. The second kappa shape index (κ2) is 11.3. The van der Waals surface area contributed by atoms with Crippen molar-refractivity contribution in [2.75, 3.05) is 20.3 Å². The third-order valence-corrected chi connectivity index (χ3v) is 3.16. The molecule has 0 spiro atoms. The molecule has 1 aromatic rings. The molecule has 1 unspecified atom stereocenters. The SMILES string of the molecule is CCCC(N)C(=O)NCc1ccc(C)cc1OCCOC.Cl. The summed E-state index contributed by atoms with van der Waals surface area (Å²) in [5.41, 5.74) is 7.84. The van der Waals surface area contributed by atoms with E-state index in [2.05, 4.69) is 5.32 Å². The van der Waals surface area contributed by atoms with Crippen molar-refractivity contribution in [1.82, 2.24) is 5.32 Å². The summed E-state index contributed by atoms with van der Waals surface area (Å²) >= 11 is 0. The maximum absolute atomic E-state index is 11.8. The highest BCUT2D eigenvalue weighted by molar-refractivity contribution is 5.85. The molecule has 0 fully saturated rings. The average molecular weight is 331 g/mol. The first-order valence-electron chi connectivity index (χ1n) is 7.33. The molecule has 1 amide bonds. The molecule has 0 bridgehead atoms. The molecule has 0 aliphatic heterocycles. The molecule has 1 aromatic carbocycles. The van der Waals surface area contributed by atoms with Crippen LogP contribution in [-0.4, -0.2) is 32.3 Å². The third kappa shape index (κ3) is 7.11. The van der Waals surface area contributed by atoms with Gasteiger partial charge in [0.15, 0.2) is 0 Å². The normalized spacial score (nSPS) is 11.5. The van der Waals surface area contributed by atoms with Gasteiger partial charge < -0.3 is 20.5 Å². The van der Waals surface area contributed by atoms with Crippen LogP contribution in [0, 0.1) is 6.92 Å². The van der Waals surface area contributed by atoms with Crippen molar-refractivity contribution in [2.45, 2.75) is 39.3 Å². The number of aryl methyl sites for hydroxylation is 1. The standard InChI is InChI=1S/C16H26N2O3.ClH/c1-4-5-14(17)16(19)18-11-13-7-6-12(2)10-15(13)21-9-8-20-3;/h6-7,10,14H,4-5,8-9,11,17H2,1-3H3,(H,18,19);1H. The highest BCUT2D eigenvalue weighted by Crippen LogP contribution is 2.20. The molecule has 5 nitrogen and oxygen atoms in total. The van der Waals surface area contributed by atoms with Crippen molar-refractivity contribution in [3.63, 3.8) is 0 Å². The Morgan fingerprint density at radius 2 is 2.09 bits per heavy atom. The zero-order valence-electron chi connectivity index (χ0n) is 13.6. The number of hydrogen-bond acceptors (Lipinski definition) is 4. The molecule has 0 aromatic heterocycles. The van der Waals surface area contributed by atoms with Crippen molar-refractivity contribution < 1.29 is 14.3 Å². The molecule has 3 N–H and O–H groups in total. The van der Waals surface area contributed by atoms with Gasteiger partial charge in [0.05, 0.1) is 12.6 Å². The minimum absolute atomic E-state index is 0. The molecule has 1 rings (SSSR count). The fraction of sp³-hybridized carbons (Fsp3) is 0.562. The lowest BCUT2D eigenvalue weighted by atomic mass is 10.1. The number of rotatable bonds is 9. The molecule has 0 aliphatic rings. The van der Waals surface area contributed by atoms with Crippen LogP contribution in [0.1, 0.15) is 30.9 Å². The number of hydrogen-bond donors (Lipinski definition) is 2. The van der Waals surface area contributed by atoms with E-state index in [0.717, 1.165) is 23.3 Å². The lowest BCUT2D eigenvalue weighted by Gasteiger charge is -2.15. The van der Waals surface area contributed by atoms with E-state index >= 15 is 0 Å². The molecule has 0 aliphatic carbocycles. The number of methoxy groups -OCH3 is 1. The van der Waals surface area contributed by atoms with Gasteiger partial charge in [-0.05, 0) is 25.0 Å². The second-order valence-electron chi connectivity index (χ2n) is 5.07. The average Bonchev–Trinajstić information content (AvgIpc) is 2.46. The topological polar surface area (TPSA) is 73.6 Å². The van der Waals surface area contributed by atoms with Gasteiger partial charge in [0.1, 0.15) is 12.4 Å². The van der Waals surface area contributed by atoms with Crippen molar-refractivity contribution in [3.05, 3.63) is 29.3 Å². The number of benzene rings is 1. The van der Waals surface area contributed by atoms with Gasteiger partial charge in [-0.2, -0.15) is 0 Å². The zero-order chi connectivity index (χ0) is 15.7. The van der Waals surface area contributed by atoms with E-state index < -0.39 is 6.04 Å². The van der Waals surface area contributed by atoms with Gasteiger partial charge in [-0.1, -0.05) is 25.5 Å². The molecule has 22 heavy (non-hydrogen) atoms. The summed E-state index contributed by atoms with van der Waals surface area (Å²) in [4.78, 5) is 11.8. The Bertz CT molecular complexity index is 455. The molecule has 0 radical (unpaired) electrons. The number of halogens is 1. The van der Waals surface area contributed by atoms with Gasteiger partial charge in [-0.25, -0.2) is 0 Å². The van der Waals surface area contributed by atoms with Gasteiger partial charge in [-0.15, -0.1) is 12.4 Å². The van der Waals surface area contributed by atoms with E-state index in [1.54, 1.807) is 7.11 Å². The van der Waals surface area contributed by atoms with Crippen LogP contribution in [0.2, 0.25) is 0 Å². The largest absolute Gasteiger partial charge is 0.491 e. The molecule has 126 valence electrons. The number of carbonyl (C=O) groups excluding carboxylic acids is 1. The predicted molar refractivity (Wildman–Crippen MR) is 90.5 cm³/mol. The number of nitrogens with two attached hydrogens (primary N) is 1. The Morgan fingerprint density at radius 1 is 1.36 bits per heavy atom. The fourth-order valence-corrected chi connectivity index (χ4v) is 1.93. The van der Waals surface area contributed by atoms with Crippen LogP contribution < -0.4 is 15.8 Å². The summed E-state index contributed by atoms with van der Waals surface area (Å²) in [5.74, 6) is 0.650. The van der Waals surface area contributed by atoms with Crippen LogP contribution in [0.15, 0.2) is 18.2 Å². The highest BCUT2D eigenvalue weighted by Gasteiger charge is 2.13. The van der Waals surface area contributed by atoms with E-state index in [1.165, 1.54) is 0 Å². The first-order valence-corrected chi connectivity index (χ1v) is 7.33. The number of amides is 1. The van der Waals surface area contributed by atoms with Gasteiger partial charge in [0.25, 0.3) is 0 Å². The molecule has 1 atom stereocenters. The number of nitrogens with one attached hydrogen (secondary N) is 1. The van der Waals surface area contributed by atoms with Gasteiger partial charge >= 0.3 is 0 Å². The van der Waals surface area contributed by atoms with Crippen LogP contribution in [0.25, 0.3) is 0 Å².